The maximum atomic E-state index is 12.3. The Morgan fingerprint density at radius 2 is 1.64 bits per heavy atom. The van der Waals surface area contributed by atoms with E-state index in [0.717, 1.165) is 5.56 Å². The lowest BCUT2D eigenvalue weighted by atomic mass is 10.1. The number of methoxy groups -OCH3 is 3. The highest BCUT2D eigenvalue weighted by Crippen LogP contribution is 2.34. The first kappa shape index (κ1) is 18.6. The first-order chi connectivity index (χ1) is 12.0. The molecule has 1 aromatic carbocycles. The zero-order valence-corrected chi connectivity index (χ0v) is 15.3. The van der Waals surface area contributed by atoms with Crippen LogP contribution in [0.2, 0.25) is 0 Å². The van der Waals surface area contributed by atoms with Crippen molar-refractivity contribution in [2.45, 2.75) is 13.5 Å². The van der Waals surface area contributed by atoms with E-state index in [2.05, 4.69) is 10.6 Å². The fraction of sp³-hybridized carbons (Fsp3) is 0.294. The van der Waals surface area contributed by atoms with Crippen LogP contribution < -0.4 is 24.8 Å². The molecule has 2 aromatic rings. The molecule has 0 spiro atoms. The standard InChI is InChI=1S/C17H20N2O5S/c1-10(20)19-16-6-5-15(25-16)17(21)18-9-11-7-13(23-3)14(24-4)8-12(11)22-2/h5-8H,9H2,1-4H3,(H,18,21)(H,19,20). The normalized spacial score (nSPS) is 10.1. The largest absolute Gasteiger partial charge is 0.496 e. The number of ether oxygens (including phenoxy) is 3. The zero-order valence-electron chi connectivity index (χ0n) is 14.5. The lowest BCUT2D eigenvalue weighted by Crippen LogP contribution is -2.22. The molecule has 0 aliphatic heterocycles. The number of nitrogens with one attached hydrogen (secondary N) is 2. The van der Waals surface area contributed by atoms with Crippen LogP contribution in [0.1, 0.15) is 22.2 Å². The van der Waals surface area contributed by atoms with Crippen molar-refractivity contribution in [3.63, 3.8) is 0 Å². The summed E-state index contributed by atoms with van der Waals surface area (Å²) < 4.78 is 15.9. The van der Waals surface area contributed by atoms with Gasteiger partial charge in [0.15, 0.2) is 11.5 Å². The fourth-order valence-corrected chi connectivity index (χ4v) is 3.06. The average Bonchev–Trinajstić information content (AvgIpc) is 3.06. The molecule has 2 amide bonds. The van der Waals surface area contributed by atoms with Gasteiger partial charge in [-0.15, -0.1) is 11.3 Å². The Hall–Kier alpha value is -2.74. The van der Waals surface area contributed by atoms with Crippen LogP contribution in [0.15, 0.2) is 24.3 Å². The lowest BCUT2D eigenvalue weighted by Gasteiger charge is -2.14. The Labute approximate surface area is 149 Å². The van der Waals surface area contributed by atoms with Crippen LogP contribution in [0.3, 0.4) is 0 Å². The third-order valence-corrected chi connectivity index (χ3v) is 4.35. The lowest BCUT2D eigenvalue weighted by molar-refractivity contribution is -0.114. The summed E-state index contributed by atoms with van der Waals surface area (Å²) in [6.07, 6.45) is 0. The Balaban J connectivity index is 2.10. The minimum atomic E-state index is -0.238. The van der Waals surface area contributed by atoms with Gasteiger partial charge < -0.3 is 24.8 Å². The van der Waals surface area contributed by atoms with Crippen molar-refractivity contribution < 1.29 is 23.8 Å². The number of carbonyl (C=O) groups excluding carboxylic acids is 2. The Morgan fingerprint density at radius 3 is 2.24 bits per heavy atom. The first-order valence-electron chi connectivity index (χ1n) is 7.43. The number of carbonyl (C=O) groups is 2. The number of thiophene rings is 1. The summed E-state index contributed by atoms with van der Waals surface area (Å²) in [5.41, 5.74) is 0.757. The van der Waals surface area contributed by atoms with Crippen molar-refractivity contribution in [3.05, 3.63) is 34.7 Å². The van der Waals surface area contributed by atoms with Crippen LogP contribution in [0.5, 0.6) is 17.2 Å². The molecule has 0 bridgehead atoms. The molecule has 2 N–H and O–H groups in total. The van der Waals surface area contributed by atoms with Gasteiger partial charge in [0.25, 0.3) is 5.91 Å². The highest BCUT2D eigenvalue weighted by molar-refractivity contribution is 7.18. The monoisotopic (exact) mass is 364 g/mol. The summed E-state index contributed by atoms with van der Waals surface area (Å²) in [4.78, 5) is 23.8. The number of benzene rings is 1. The van der Waals surface area contributed by atoms with Crippen molar-refractivity contribution in [2.24, 2.45) is 0 Å². The van der Waals surface area contributed by atoms with E-state index in [1.54, 1.807) is 45.6 Å². The topological polar surface area (TPSA) is 85.9 Å². The Bertz CT molecular complexity index is 772. The molecule has 0 radical (unpaired) electrons. The summed E-state index contributed by atoms with van der Waals surface area (Å²) in [5, 5.41) is 6.10. The van der Waals surface area contributed by atoms with Crippen LogP contribution >= 0.6 is 11.3 Å². The SMILES string of the molecule is COc1cc(OC)c(OC)cc1CNC(=O)c1ccc(NC(C)=O)s1. The molecule has 7 nitrogen and oxygen atoms in total. The van der Waals surface area contributed by atoms with Gasteiger partial charge in [0.1, 0.15) is 5.75 Å². The van der Waals surface area contributed by atoms with Crippen molar-refractivity contribution in [1.29, 1.82) is 0 Å². The van der Waals surface area contributed by atoms with E-state index in [1.807, 2.05) is 0 Å². The minimum absolute atomic E-state index is 0.177. The van der Waals surface area contributed by atoms with Gasteiger partial charge in [0, 0.05) is 25.1 Å². The van der Waals surface area contributed by atoms with Gasteiger partial charge >= 0.3 is 0 Å². The second-order valence-electron chi connectivity index (χ2n) is 5.05. The third kappa shape index (κ3) is 4.63. The number of hydrogen-bond acceptors (Lipinski definition) is 6. The van der Waals surface area contributed by atoms with E-state index in [9.17, 15) is 9.59 Å². The molecule has 0 unspecified atom stereocenters. The van der Waals surface area contributed by atoms with Crippen LogP contribution in [0.4, 0.5) is 5.00 Å². The molecule has 0 atom stereocenters. The first-order valence-corrected chi connectivity index (χ1v) is 8.24. The van der Waals surface area contributed by atoms with Crippen molar-refractivity contribution in [1.82, 2.24) is 5.32 Å². The van der Waals surface area contributed by atoms with Gasteiger partial charge in [0.2, 0.25) is 5.91 Å². The van der Waals surface area contributed by atoms with Crippen LogP contribution in [-0.2, 0) is 11.3 Å². The minimum Gasteiger partial charge on any atom is -0.496 e. The van der Waals surface area contributed by atoms with E-state index in [1.165, 1.54) is 18.3 Å². The van der Waals surface area contributed by atoms with E-state index in [0.29, 0.717) is 27.1 Å². The fourth-order valence-electron chi connectivity index (χ4n) is 2.19. The van der Waals surface area contributed by atoms with Gasteiger partial charge in [0.05, 0.1) is 31.2 Å². The summed E-state index contributed by atoms with van der Waals surface area (Å²) in [6, 6.07) is 6.82. The molecule has 134 valence electrons. The van der Waals surface area contributed by atoms with Crippen LogP contribution in [0.25, 0.3) is 0 Å². The molecule has 1 heterocycles. The average molecular weight is 364 g/mol. The van der Waals surface area contributed by atoms with E-state index in [-0.39, 0.29) is 18.4 Å². The maximum absolute atomic E-state index is 12.3. The van der Waals surface area contributed by atoms with Crippen molar-refractivity contribution in [2.75, 3.05) is 26.6 Å². The number of rotatable bonds is 7. The smallest absolute Gasteiger partial charge is 0.261 e. The maximum Gasteiger partial charge on any atom is 0.261 e. The van der Waals surface area contributed by atoms with Crippen LogP contribution in [0, 0.1) is 0 Å². The predicted molar refractivity (Wildman–Crippen MR) is 95.9 cm³/mol. The summed E-state index contributed by atoms with van der Waals surface area (Å²) >= 11 is 1.21. The van der Waals surface area contributed by atoms with Crippen molar-refractivity contribution in [3.8, 4) is 17.2 Å². The predicted octanol–water partition coefficient (Wildman–Crippen LogP) is 2.66. The van der Waals surface area contributed by atoms with Crippen LogP contribution in [-0.4, -0.2) is 33.1 Å². The number of amides is 2. The highest BCUT2D eigenvalue weighted by Gasteiger charge is 2.14. The van der Waals surface area contributed by atoms with E-state index >= 15 is 0 Å². The molecule has 25 heavy (non-hydrogen) atoms. The summed E-state index contributed by atoms with van der Waals surface area (Å²) in [7, 11) is 4.63. The Morgan fingerprint density at radius 1 is 1.00 bits per heavy atom. The van der Waals surface area contributed by atoms with Gasteiger partial charge in [-0.3, -0.25) is 9.59 Å². The molecular weight excluding hydrogens is 344 g/mol. The molecule has 0 saturated carbocycles. The van der Waals surface area contributed by atoms with E-state index < -0.39 is 0 Å². The zero-order chi connectivity index (χ0) is 18.4. The van der Waals surface area contributed by atoms with Gasteiger partial charge in [-0.2, -0.15) is 0 Å². The third-order valence-electron chi connectivity index (χ3n) is 3.36. The second kappa shape index (κ2) is 8.39. The molecule has 0 saturated heterocycles. The summed E-state index contributed by atoms with van der Waals surface area (Å²) in [6.45, 7) is 1.68. The number of anilines is 1. The van der Waals surface area contributed by atoms with Gasteiger partial charge in [-0.25, -0.2) is 0 Å². The molecule has 0 aliphatic rings. The highest BCUT2D eigenvalue weighted by atomic mass is 32.1. The van der Waals surface area contributed by atoms with Gasteiger partial charge in [-0.1, -0.05) is 0 Å². The van der Waals surface area contributed by atoms with E-state index in [4.69, 9.17) is 14.2 Å². The Kier molecular flexibility index (Phi) is 6.24. The number of hydrogen-bond donors (Lipinski definition) is 2. The molecular formula is C17H20N2O5S. The quantitative estimate of drug-likeness (QED) is 0.789. The van der Waals surface area contributed by atoms with Gasteiger partial charge in [-0.05, 0) is 18.2 Å². The molecule has 2 rings (SSSR count). The molecule has 0 aliphatic carbocycles. The second-order valence-corrected chi connectivity index (χ2v) is 6.13. The molecule has 1 aromatic heterocycles. The summed E-state index contributed by atoms with van der Waals surface area (Å²) in [5.74, 6) is 1.27. The molecule has 0 fully saturated rings. The van der Waals surface area contributed by atoms with Crippen molar-refractivity contribution >= 4 is 28.2 Å². The molecule has 8 heteroatoms.